The minimum Gasteiger partial charge on any atom is -0.459 e. The van der Waals surface area contributed by atoms with E-state index in [4.69, 9.17) is 10.2 Å². The van der Waals surface area contributed by atoms with E-state index in [9.17, 15) is 4.79 Å². The van der Waals surface area contributed by atoms with E-state index in [1.807, 2.05) is 6.92 Å². The van der Waals surface area contributed by atoms with Gasteiger partial charge in [-0.15, -0.1) is 0 Å². The Bertz CT molecular complexity index is 264. The maximum atomic E-state index is 11.8. The van der Waals surface area contributed by atoms with Crippen LogP contribution in [-0.4, -0.2) is 30.4 Å². The standard InChI is InChI=1S/C10H16N2O2/c1-2-6-12(7-5-11)10(13)9-4-3-8-14-9/h3-4,8H,2,5-7,11H2,1H3. The Morgan fingerprint density at radius 1 is 1.57 bits per heavy atom. The van der Waals surface area contributed by atoms with Gasteiger partial charge in [0, 0.05) is 19.6 Å². The van der Waals surface area contributed by atoms with Crippen molar-refractivity contribution in [2.45, 2.75) is 13.3 Å². The van der Waals surface area contributed by atoms with E-state index in [-0.39, 0.29) is 5.91 Å². The molecular formula is C10H16N2O2. The normalized spacial score (nSPS) is 10.1. The molecule has 4 heteroatoms. The van der Waals surface area contributed by atoms with Gasteiger partial charge in [0.15, 0.2) is 5.76 Å². The lowest BCUT2D eigenvalue weighted by molar-refractivity contribution is 0.0728. The zero-order valence-electron chi connectivity index (χ0n) is 8.40. The first-order valence-corrected chi connectivity index (χ1v) is 4.82. The van der Waals surface area contributed by atoms with Crippen LogP contribution in [0.3, 0.4) is 0 Å². The van der Waals surface area contributed by atoms with Crippen molar-refractivity contribution in [3.05, 3.63) is 24.2 Å². The second-order valence-corrected chi connectivity index (χ2v) is 3.06. The molecule has 1 aromatic rings. The Kier molecular flexibility index (Phi) is 4.19. The lowest BCUT2D eigenvalue weighted by Gasteiger charge is -2.19. The van der Waals surface area contributed by atoms with Crippen molar-refractivity contribution >= 4 is 5.91 Å². The van der Waals surface area contributed by atoms with Gasteiger partial charge in [0.1, 0.15) is 0 Å². The summed E-state index contributed by atoms with van der Waals surface area (Å²) < 4.78 is 5.04. The van der Waals surface area contributed by atoms with Crippen molar-refractivity contribution in [3.8, 4) is 0 Å². The van der Waals surface area contributed by atoms with E-state index in [0.717, 1.165) is 13.0 Å². The molecule has 0 unspecified atom stereocenters. The highest BCUT2D eigenvalue weighted by Crippen LogP contribution is 2.05. The molecule has 1 amide bonds. The molecule has 78 valence electrons. The molecular weight excluding hydrogens is 180 g/mol. The van der Waals surface area contributed by atoms with Gasteiger partial charge in [0.2, 0.25) is 0 Å². The van der Waals surface area contributed by atoms with E-state index in [0.29, 0.717) is 18.8 Å². The predicted molar refractivity (Wildman–Crippen MR) is 54.0 cm³/mol. The quantitative estimate of drug-likeness (QED) is 0.766. The van der Waals surface area contributed by atoms with E-state index >= 15 is 0 Å². The average molecular weight is 196 g/mol. The maximum Gasteiger partial charge on any atom is 0.289 e. The monoisotopic (exact) mass is 196 g/mol. The Morgan fingerprint density at radius 3 is 2.86 bits per heavy atom. The van der Waals surface area contributed by atoms with Gasteiger partial charge in [0.05, 0.1) is 6.26 Å². The van der Waals surface area contributed by atoms with Crippen molar-refractivity contribution in [3.63, 3.8) is 0 Å². The van der Waals surface area contributed by atoms with E-state index in [1.54, 1.807) is 17.0 Å². The third-order valence-electron chi connectivity index (χ3n) is 1.91. The predicted octanol–water partition coefficient (Wildman–Crippen LogP) is 1.09. The Balaban J connectivity index is 2.63. The average Bonchev–Trinajstić information content (AvgIpc) is 2.69. The molecule has 0 aromatic carbocycles. The molecule has 0 saturated carbocycles. The van der Waals surface area contributed by atoms with Crippen LogP contribution in [0.2, 0.25) is 0 Å². The number of furan rings is 1. The van der Waals surface area contributed by atoms with Crippen LogP contribution in [0.1, 0.15) is 23.9 Å². The molecule has 1 rings (SSSR count). The van der Waals surface area contributed by atoms with Crippen molar-refractivity contribution < 1.29 is 9.21 Å². The van der Waals surface area contributed by atoms with E-state index in [2.05, 4.69) is 0 Å². The number of rotatable bonds is 5. The summed E-state index contributed by atoms with van der Waals surface area (Å²) in [5.74, 6) is 0.300. The summed E-state index contributed by atoms with van der Waals surface area (Å²) >= 11 is 0. The molecule has 0 fully saturated rings. The van der Waals surface area contributed by atoms with Crippen LogP contribution in [0, 0.1) is 0 Å². The van der Waals surface area contributed by atoms with Crippen LogP contribution < -0.4 is 5.73 Å². The van der Waals surface area contributed by atoms with Crippen molar-refractivity contribution in [2.75, 3.05) is 19.6 Å². The number of hydrogen-bond donors (Lipinski definition) is 1. The molecule has 0 saturated heterocycles. The molecule has 0 bridgehead atoms. The van der Waals surface area contributed by atoms with Crippen molar-refractivity contribution in [2.24, 2.45) is 5.73 Å². The highest BCUT2D eigenvalue weighted by molar-refractivity contribution is 5.91. The lowest BCUT2D eigenvalue weighted by Crippen LogP contribution is -2.35. The fraction of sp³-hybridized carbons (Fsp3) is 0.500. The molecule has 1 aromatic heterocycles. The third-order valence-corrected chi connectivity index (χ3v) is 1.91. The van der Waals surface area contributed by atoms with E-state index < -0.39 is 0 Å². The first kappa shape index (κ1) is 10.8. The number of nitrogens with two attached hydrogens (primary N) is 1. The molecule has 0 atom stereocenters. The number of hydrogen-bond acceptors (Lipinski definition) is 3. The molecule has 2 N–H and O–H groups in total. The maximum absolute atomic E-state index is 11.8. The van der Waals surface area contributed by atoms with Gasteiger partial charge < -0.3 is 15.1 Å². The molecule has 0 radical (unpaired) electrons. The summed E-state index contributed by atoms with van der Waals surface area (Å²) in [5, 5.41) is 0. The molecule has 14 heavy (non-hydrogen) atoms. The number of carbonyl (C=O) groups excluding carboxylic acids is 1. The van der Waals surface area contributed by atoms with Gasteiger partial charge >= 0.3 is 0 Å². The Hall–Kier alpha value is -1.29. The fourth-order valence-electron chi connectivity index (χ4n) is 1.30. The summed E-state index contributed by atoms with van der Waals surface area (Å²) in [7, 11) is 0. The zero-order valence-corrected chi connectivity index (χ0v) is 8.40. The fourth-order valence-corrected chi connectivity index (χ4v) is 1.30. The first-order chi connectivity index (χ1) is 6.79. The van der Waals surface area contributed by atoms with Gasteiger partial charge in [-0.25, -0.2) is 0 Å². The van der Waals surface area contributed by atoms with Crippen LogP contribution >= 0.6 is 0 Å². The molecule has 0 aliphatic carbocycles. The molecule has 0 aliphatic rings. The van der Waals surface area contributed by atoms with Crippen LogP contribution in [0.5, 0.6) is 0 Å². The van der Waals surface area contributed by atoms with Crippen LogP contribution in [0.25, 0.3) is 0 Å². The SMILES string of the molecule is CCCN(CCN)C(=O)c1ccco1. The smallest absolute Gasteiger partial charge is 0.289 e. The van der Waals surface area contributed by atoms with Crippen molar-refractivity contribution in [1.82, 2.24) is 4.90 Å². The summed E-state index contributed by atoms with van der Waals surface area (Å²) in [6.07, 6.45) is 2.42. The largest absolute Gasteiger partial charge is 0.459 e. The van der Waals surface area contributed by atoms with Crippen LogP contribution in [0.15, 0.2) is 22.8 Å². The topological polar surface area (TPSA) is 59.5 Å². The van der Waals surface area contributed by atoms with Crippen LogP contribution in [-0.2, 0) is 0 Å². The summed E-state index contributed by atoms with van der Waals surface area (Å²) in [6.45, 7) is 3.80. The highest BCUT2D eigenvalue weighted by atomic mass is 16.3. The molecule has 0 aliphatic heterocycles. The van der Waals surface area contributed by atoms with Gasteiger partial charge in [-0.05, 0) is 18.6 Å². The summed E-state index contributed by atoms with van der Waals surface area (Å²) in [4.78, 5) is 13.5. The minimum atomic E-state index is -0.0812. The number of nitrogens with zero attached hydrogens (tertiary/aromatic N) is 1. The summed E-state index contributed by atoms with van der Waals surface area (Å²) in [6, 6.07) is 3.38. The molecule has 0 spiro atoms. The van der Waals surface area contributed by atoms with Crippen molar-refractivity contribution in [1.29, 1.82) is 0 Å². The van der Waals surface area contributed by atoms with Gasteiger partial charge in [0.25, 0.3) is 5.91 Å². The third kappa shape index (κ3) is 2.60. The second kappa shape index (κ2) is 5.44. The molecule has 1 heterocycles. The lowest BCUT2D eigenvalue weighted by atomic mass is 10.3. The first-order valence-electron chi connectivity index (χ1n) is 4.82. The zero-order chi connectivity index (χ0) is 10.4. The van der Waals surface area contributed by atoms with Crippen LogP contribution in [0.4, 0.5) is 0 Å². The van der Waals surface area contributed by atoms with Gasteiger partial charge in [-0.1, -0.05) is 6.92 Å². The van der Waals surface area contributed by atoms with E-state index in [1.165, 1.54) is 6.26 Å². The van der Waals surface area contributed by atoms with Gasteiger partial charge in [-0.3, -0.25) is 4.79 Å². The molecule has 4 nitrogen and oxygen atoms in total. The summed E-state index contributed by atoms with van der Waals surface area (Å²) in [5.41, 5.74) is 5.43. The van der Waals surface area contributed by atoms with Gasteiger partial charge in [-0.2, -0.15) is 0 Å². The number of carbonyl (C=O) groups is 1. The second-order valence-electron chi connectivity index (χ2n) is 3.06. The highest BCUT2D eigenvalue weighted by Gasteiger charge is 2.15. The number of amides is 1. The Labute approximate surface area is 83.7 Å². The Morgan fingerprint density at radius 2 is 2.36 bits per heavy atom. The minimum absolute atomic E-state index is 0.0812.